The molecule has 0 aliphatic carbocycles. The monoisotopic (exact) mass is 513 g/mol. The summed E-state index contributed by atoms with van der Waals surface area (Å²) in [5, 5.41) is 83.7. The summed E-state index contributed by atoms with van der Waals surface area (Å²) in [6.45, 7) is 1.25. The molecule has 9 N–H and O–H groups in total. The van der Waals surface area contributed by atoms with E-state index in [1.807, 2.05) is 0 Å². The van der Waals surface area contributed by atoms with Gasteiger partial charge in [0.25, 0.3) is 0 Å². The van der Waals surface area contributed by atoms with Crippen molar-refractivity contribution in [3.05, 3.63) is 0 Å². The topological polar surface area (TPSA) is 237 Å². The molecule has 3 aliphatic heterocycles. The molecule has 1 unspecified atom stereocenters. The van der Waals surface area contributed by atoms with Crippen LogP contribution in [0.25, 0.3) is 0 Å². The summed E-state index contributed by atoms with van der Waals surface area (Å²) in [5.74, 6) is -0.603. The summed E-state index contributed by atoms with van der Waals surface area (Å²) in [5.41, 5.74) is 0. The van der Waals surface area contributed by atoms with Crippen molar-refractivity contribution >= 4 is 5.91 Å². The van der Waals surface area contributed by atoms with Crippen LogP contribution in [-0.2, 0) is 28.5 Å². The van der Waals surface area contributed by atoms with Crippen LogP contribution in [0.15, 0.2) is 0 Å². The number of rotatable bonds is 7. The predicted octanol–water partition coefficient (Wildman–Crippen LogP) is -5.37. The second kappa shape index (κ2) is 12.0. The van der Waals surface area contributed by atoms with Gasteiger partial charge in [0, 0.05) is 13.3 Å². The molecule has 0 aromatic carbocycles. The van der Waals surface area contributed by atoms with E-state index in [9.17, 15) is 45.6 Å². The number of hydrogen-bond acceptors (Lipinski definition) is 14. The van der Waals surface area contributed by atoms with Gasteiger partial charge in [0.1, 0.15) is 54.9 Å². The molecule has 15 nitrogen and oxygen atoms in total. The first-order chi connectivity index (χ1) is 16.5. The molecule has 0 spiro atoms. The van der Waals surface area contributed by atoms with E-state index in [2.05, 4.69) is 5.32 Å². The Balaban J connectivity index is 1.87. The van der Waals surface area contributed by atoms with Crippen LogP contribution in [-0.4, -0.2) is 146 Å². The maximum Gasteiger partial charge on any atom is 0.217 e. The number of carbonyl (C=O) groups is 1. The van der Waals surface area contributed by atoms with Gasteiger partial charge in [-0.3, -0.25) is 4.79 Å². The minimum Gasteiger partial charge on any atom is -0.394 e. The number of aliphatic hydroxyl groups excluding tert-OH is 8. The maximum absolute atomic E-state index is 11.7. The Bertz CT molecular complexity index is 701. The third-order valence-electron chi connectivity index (χ3n) is 6.34. The molecule has 3 saturated heterocycles. The van der Waals surface area contributed by atoms with Crippen molar-refractivity contribution in [2.45, 2.75) is 106 Å². The van der Waals surface area contributed by atoms with Gasteiger partial charge in [-0.15, -0.1) is 0 Å². The van der Waals surface area contributed by atoms with Gasteiger partial charge in [0.05, 0.1) is 25.4 Å². The van der Waals surface area contributed by atoms with Gasteiger partial charge >= 0.3 is 0 Å². The molecule has 204 valence electrons. The van der Waals surface area contributed by atoms with Crippen molar-refractivity contribution in [3.63, 3.8) is 0 Å². The zero-order chi connectivity index (χ0) is 26.0. The molecule has 1 amide bonds. The Kier molecular flexibility index (Phi) is 9.78. The lowest BCUT2D eigenvalue weighted by Gasteiger charge is -2.48. The summed E-state index contributed by atoms with van der Waals surface area (Å²) in [6, 6.07) is -1.35. The number of amides is 1. The van der Waals surface area contributed by atoms with Crippen LogP contribution in [0.2, 0.25) is 0 Å². The average Bonchev–Trinajstić information content (AvgIpc) is 2.80. The zero-order valence-corrected chi connectivity index (χ0v) is 19.2. The lowest BCUT2D eigenvalue weighted by Crippen LogP contribution is -2.68. The number of hydrogen-bond donors (Lipinski definition) is 9. The van der Waals surface area contributed by atoms with Gasteiger partial charge in [0.2, 0.25) is 5.91 Å². The first-order valence-electron chi connectivity index (χ1n) is 11.3. The van der Waals surface area contributed by atoms with Crippen LogP contribution in [0.5, 0.6) is 0 Å². The van der Waals surface area contributed by atoms with Crippen molar-refractivity contribution in [1.29, 1.82) is 0 Å². The third-order valence-corrected chi connectivity index (χ3v) is 6.34. The molecule has 3 aliphatic rings. The third kappa shape index (κ3) is 6.27. The van der Waals surface area contributed by atoms with E-state index < -0.39 is 105 Å². The molecule has 3 fully saturated rings. The van der Waals surface area contributed by atoms with Crippen LogP contribution in [0.3, 0.4) is 0 Å². The fourth-order valence-corrected chi connectivity index (χ4v) is 4.32. The fraction of sp³-hybridized carbons (Fsp3) is 0.950. The molecule has 0 aromatic rings. The number of aliphatic hydroxyl groups is 8. The zero-order valence-electron chi connectivity index (χ0n) is 19.2. The van der Waals surface area contributed by atoms with Gasteiger partial charge in [0.15, 0.2) is 18.9 Å². The number of ether oxygens (including phenoxy) is 5. The van der Waals surface area contributed by atoms with Crippen LogP contribution in [0, 0.1) is 0 Å². The van der Waals surface area contributed by atoms with Gasteiger partial charge in [-0.2, -0.15) is 0 Å². The summed E-state index contributed by atoms with van der Waals surface area (Å²) in [7, 11) is 0. The molecule has 0 radical (unpaired) electrons. The molecule has 0 aromatic heterocycles. The van der Waals surface area contributed by atoms with Gasteiger partial charge < -0.3 is 69.9 Å². The van der Waals surface area contributed by atoms with Crippen LogP contribution >= 0.6 is 0 Å². The van der Waals surface area contributed by atoms with E-state index in [1.165, 1.54) is 6.92 Å². The Morgan fingerprint density at radius 2 is 1.43 bits per heavy atom. The molecule has 0 saturated carbocycles. The fourth-order valence-electron chi connectivity index (χ4n) is 4.32. The molecule has 35 heavy (non-hydrogen) atoms. The first kappa shape index (κ1) is 28.5. The minimum absolute atomic E-state index is 0.101. The highest BCUT2D eigenvalue weighted by atomic mass is 16.8. The quantitative estimate of drug-likeness (QED) is 0.155. The van der Waals surface area contributed by atoms with Crippen LogP contribution < -0.4 is 5.32 Å². The smallest absolute Gasteiger partial charge is 0.217 e. The Hall–Kier alpha value is -1.05. The van der Waals surface area contributed by atoms with E-state index in [1.54, 1.807) is 0 Å². The summed E-state index contributed by atoms with van der Waals surface area (Å²) in [4.78, 5) is 11.7. The Morgan fingerprint density at radius 1 is 0.829 bits per heavy atom. The SMILES string of the molecule is CC(=O)N[C@H]1C(O)O[C@H](CO)[C@@H](O)[C@@H]1O[C@@H]1O[C@H](CO)[C@H](O)[C@H](O)[C@H]1O[C@@H]1O[C@@H](C)[C@@H](O)C[C@@H]1O. The second-order valence-electron chi connectivity index (χ2n) is 8.95. The largest absolute Gasteiger partial charge is 0.394 e. The first-order valence-corrected chi connectivity index (χ1v) is 11.3. The number of nitrogens with one attached hydrogen (secondary N) is 1. The summed E-state index contributed by atoms with van der Waals surface area (Å²) >= 11 is 0. The lowest BCUT2D eigenvalue weighted by molar-refractivity contribution is -0.374. The van der Waals surface area contributed by atoms with Crippen molar-refractivity contribution in [2.75, 3.05) is 13.2 Å². The molecule has 14 atom stereocenters. The van der Waals surface area contributed by atoms with E-state index >= 15 is 0 Å². The highest BCUT2D eigenvalue weighted by molar-refractivity contribution is 5.73. The van der Waals surface area contributed by atoms with Gasteiger partial charge in [-0.25, -0.2) is 0 Å². The van der Waals surface area contributed by atoms with E-state index in [4.69, 9.17) is 23.7 Å². The Morgan fingerprint density at radius 3 is 2.03 bits per heavy atom. The van der Waals surface area contributed by atoms with Crippen molar-refractivity contribution in [3.8, 4) is 0 Å². The normalized spacial score (nSPS) is 49.0. The van der Waals surface area contributed by atoms with Crippen LogP contribution in [0.4, 0.5) is 0 Å². The molecule has 3 rings (SSSR count). The molecule has 15 heteroatoms. The molecular weight excluding hydrogens is 478 g/mol. The summed E-state index contributed by atoms with van der Waals surface area (Å²) in [6.07, 6.45) is -18.5. The van der Waals surface area contributed by atoms with E-state index in [0.717, 1.165) is 6.92 Å². The summed E-state index contributed by atoms with van der Waals surface area (Å²) < 4.78 is 27.7. The Labute approximate surface area is 200 Å². The van der Waals surface area contributed by atoms with Crippen LogP contribution in [0.1, 0.15) is 20.3 Å². The second-order valence-corrected chi connectivity index (χ2v) is 8.95. The van der Waals surface area contributed by atoms with Crippen molar-refractivity contribution in [2.24, 2.45) is 0 Å². The predicted molar refractivity (Wildman–Crippen MR) is 110 cm³/mol. The molecular formula is C20H35NO14. The highest BCUT2D eigenvalue weighted by Crippen LogP contribution is 2.32. The van der Waals surface area contributed by atoms with E-state index in [-0.39, 0.29) is 6.42 Å². The standard InChI is InChI=1S/C20H35NO14/c1-6-8(25)3-9(26)19(31-6)35-17-15(29)13(27)10(4-22)33-20(17)34-16-12(21-7(2)24)18(30)32-11(5-23)14(16)28/h6,8-20,22-23,25-30H,3-5H2,1-2H3,(H,21,24)/t6-,8-,9-,10+,11+,12+,13-,14+,15-,16+,17+,18?,19-,20-/m0/s1. The van der Waals surface area contributed by atoms with Gasteiger partial charge in [-0.05, 0) is 6.92 Å². The lowest BCUT2D eigenvalue weighted by atomic mass is 9.95. The average molecular weight is 513 g/mol. The highest BCUT2D eigenvalue weighted by Gasteiger charge is 2.53. The van der Waals surface area contributed by atoms with E-state index in [0.29, 0.717) is 0 Å². The van der Waals surface area contributed by atoms with Crippen molar-refractivity contribution in [1.82, 2.24) is 5.32 Å². The minimum atomic E-state index is -1.74. The van der Waals surface area contributed by atoms with Crippen molar-refractivity contribution < 1.29 is 69.3 Å². The maximum atomic E-state index is 11.7. The van der Waals surface area contributed by atoms with Gasteiger partial charge in [-0.1, -0.05) is 0 Å². The molecule has 3 heterocycles. The number of carbonyl (C=O) groups excluding carboxylic acids is 1. The molecule has 0 bridgehead atoms.